The maximum absolute atomic E-state index is 6.00. The molecular weight excluding hydrogens is 190 g/mol. The fourth-order valence-electron chi connectivity index (χ4n) is 1.92. The fourth-order valence-corrected chi connectivity index (χ4v) is 1.92. The molecule has 2 N–H and O–H groups in total. The minimum Gasteiger partial charge on any atom is -0.396 e. The number of hydrogen-bond acceptors (Lipinski definition) is 4. The van der Waals surface area contributed by atoms with Crippen molar-refractivity contribution < 1.29 is 4.74 Å². The molecule has 0 amide bonds. The van der Waals surface area contributed by atoms with E-state index in [1.807, 2.05) is 13.0 Å². The Balaban J connectivity index is 2.20. The average molecular weight is 207 g/mol. The van der Waals surface area contributed by atoms with Gasteiger partial charge in [0.1, 0.15) is 0 Å². The molecule has 15 heavy (non-hydrogen) atoms. The molecule has 82 valence electrons. The van der Waals surface area contributed by atoms with Gasteiger partial charge in [-0.15, -0.1) is 0 Å². The summed E-state index contributed by atoms with van der Waals surface area (Å²) in [5.74, 6) is 0.898. The van der Waals surface area contributed by atoms with Gasteiger partial charge < -0.3 is 15.4 Å². The molecule has 0 bridgehead atoms. The smallest absolute Gasteiger partial charge is 0.152 e. The first-order chi connectivity index (χ1) is 7.22. The zero-order valence-electron chi connectivity index (χ0n) is 9.23. The predicted molar refractivity (Wildman–Crippen MR) is 61.0 cm³/mol. The van der Waals surface area contributed by atoms with Gasteiger partial charge in [-0.05, 0) is 25.0 Å². The van der Waals surface area contributed by atoms with Gasteiger partial charge in [0.05, 0.1) is 11.8 Å². The third-order valence-corrected chi connectivity index (χ3v) is 2.96. The molecule has 2 rings (SSSR count). The van der Waals surface area contributed by atoms with Crippen LogP contribution >= 0.6 is 0 Å². The molecule has 1 fully saturated rings. The Morgan fingerprint density at radius 1 is 1.60 bits per heavy atom. The number of methoxy groups -OCH3 is 1. The summed E-state index contributed by atoms with van der Waals surface area (Å²) in [5, 5.41) is 0. The molecule has 1 aliphatic rings. The first kappa shape index (κ1) is 10.2. The molecular formula is C11H17N3O. The molecule has 4 nitrogen and oxygen atoms in total. The van der Waals surface area contributed by atoms with Crippen LogP contribution in [0.25, 0.3) is 0 Å². The van der Waals surface area contributed by atoms with Gasteiger partial charge >= 0.3 is 0 Å². The van der Waals surface area contributed by atoms with Crippen LogP contribution in [0.15, 0.2) is 12.3 Å². The number of nitrogens with two attached hydrogens (primary N) is 1. The molecule has 1 aromatic heterocycles. The Morgan fingerprint density at radius 3 is 3.07 bits per heavy atom. The number of aromatic nitrogens is 1. The molecule has 1 unspecified atom stereocenters. The summed E-state index contributed by atoms with van der Waals surface area (Å²) in [6.45, 7) is 3.86. The zero-order chi connectivity index (χ0) is 10.8. The Labute approximate surface area is 90.0 Å². The van der Waals surface area contributed by atoms with Crippen LogP contribution in [-0.2, 0) is 4.74 Å². The maximum Gasteiger partial charge on any atom is 0.152 e. The summed E-state index contributed by atoms with van der Waals surface area (Å²) in [6.07, 6.45) is 3.17. The van der Waals surface area contributed by atoms with Gasteiger partial charge in [-0.2, -0.15) is 0 Å². The molecule has 0 spiro atoms. The Bertz CT molecular complexity index is 354. The van der Waals surface area contributed by atoms with Crippen molar-refractivity contribution in [2.24, 2.45) is 0 Å². The average Bonchev–Trinajstić information content (AvgIpc) is 2.70. The number of nitrogen functional groups attached to an aromatic ring is 1. The van der Waals surface area contributed by atoms with Crippen molar-refractivity contribution in [3.05, 3.63) is 17.8 Å². The summed E-state index contributed by atoms with van der Waals surface area (Å²) in [6, 6.07) is 1.93. The van der Waals surface area contributed by atoms with Gasteiger partial charge in [-0.25, -0.2) is 4.98 Å². The zero-order valence-corrected chi connectivity index (χ0v) is 9.23. The molecule has 1 aliphatic heterocycles. The second kappa shape index (κ2) is 4.06. The lowest BCUT2D eigenvalue weighted by molar-refractivity contribution is 0.121. The number of anilines is 2. The lowest BCUT2D eigenvalue weighted by Crippen LogP contribution is -2.24. The van der Waals surface area contributed by atoms with E-state index in [2.05, 4.69) is 9.88 Å². The molecule has 1 aromatic rings. The Hall–Kier alpha value is -1.29. The van der Waals surface area contributed by atoms with Gasteiger partial charge in [-0.3, -0.25) is 0 Å². The molecule has 1 saturated heterocycles. The second-order valence-corrected chi connectivity index (χ2v) is 3.96. The molecule has 4 heteroatoms. The lowest BCUT2D eigenvalue weighted by atomic mass is 10.2. The molecule has 0 aliphatic carbocycles. The minimum atomic E-state index is 0.312. The van der Waals surface area contributed by atoms with Crippen LogP contribution in [0.5, 0.6) is 0 Å². The molecule has 0 radical (unpaired) electrons. The highest BCUT2D eigenvalue weighted by Crippen LogP contribution is 2.26. The van der Waals surface area contributed by atoms with Crippen LogP contribution in [0, 0.1) is 6.92 Å². The van der Waals surface area contributed by atoms with E-state index in [0.717, 1.165) is 36.6 Å². The molecule has 2 heterocycles. The highest BCUT2D eigenvalue weighted by atomic mass is 16.5. The highest BCUT2D eigenvalue weighted by molar-refractivity contribution is 5.66. The Kier molecular flexibility index (Phi) is 2.77. The summed E-state index contributed by atoms with van der Waals surface area (Å²) in [7, 11) is 1.75. The van der Waals surface area contributed by atoms with E-state index >= 15 is 0 Å². The van der Waals surface area contributed by atoms with Crippen LogP contribution in [0.3, 0.4) is 0 Å². The fraction of sp³-hybridized carbons (Fsp3) is 0.545. The van der Waals surface area contributed by atoms with Crippen molar-refractivity contribution in [2.75, 3.05) is 30.8 Å². The molecule has 0 saturated carbocycles. The van der Waals surface area contributed by atoms with Gasteiger partial charge in [0.25, 0.3) is 0 Å². The van der Waals surface area contributed by atoms with E-state index in [1.165, 1.54) is 0 Å². The summed E-state index contributed by atoms with van der Waals surface area (Å²) in [5.41, 5.74) is 7.87. The standard InChI is InChI=1S/C11H17N3O/c1-8-3-5-13-11(10(8)12)14-6-4-9(7-14)15-2/h3,5,9H,4,6-7,12H2,1-2H3. The monoisotopic (exact) mass is 207 g/mol. The summed E-state index contributed by atoms with van der Waals surface area (Å²) >= 11 is 0. The van der Waals surface area contributed by atoms with Gasteiger partial charge in [0.15, 0.2) is 5.82 Å². The second-order valence-electron chi connectivity index (χ2n) is 3.96. The van der Waals surface area contributed by atoms with Crippen LogP contribution < -0.4 is 10.6 Å². The Morgan fingerprint density at radius 2 is 2.40 bits per heavy atom. The van der Waals surface area contributed by atoms with E-state index in [-0.39, 0.29) is 0 Å². The van der Waals surface area contributed by atoms with Gasteiger partial charge in [0, 0.05) is 26.4 Å². The van der Waals surface area contributed by atoms with E-state index in [0.29, 0.717) is 6.10 Å². The first-order valence-electron chi connectivity index (χ1n) is 5.21. The largest absolute Gasteiger partial charge is 0.396 e. The van der Waals surface area contributed by atoms with Crippen molar-refractivity contribution in [3.8, 4) is 0 Å². The van der Waals surface area contributed by atoms with Crippen LogP contribution in [0.1, 0.15) is 12.0 Å². The highest BCUT2D eigenvalue weighted by Gasteiger charge is 2.24. The van der Waals surface area contributed by atoms with Gasteiger partial charge in [0.2, 0.25) is 0 Å². The third-order valence-electron chi connectivity index (χ3n) is 2.96. The van der Waals surface area contributed by atoms with Crippen LogP contribution in [-0.4, -0.2) is 31.3 Å². The number of pyridine rings is 1. The van der Waals surface area contributed by atoms with Crippen molar-refractivity contribution in [1.82, 2.24) is 4.98 Å². The van der Waals surface area contributed by atoms with Crippen molar-refractivity contribution >= 4 is 11.5 Å². The topological polar surface area (TPSA) is 51.4 Å². The van der Waals surface area contributed by atoms with Crippen molar-refractivity contribution in [3.63, 3.8) is 0 Å². The van der Waals surface area contributed by atoms with E-state index in [9.17, 15) is 0 Å². The number of rotatable bonds is 2. The predicted octanol–water partition coefficient (Wildman–Crippen LogP) is 1.20. The lowest BCUT2D eigenvalue weighted by Gasteiger charge is -2.19. The van der Waals surface area contributed by atoms with E-state index in [1.54, 1.807) is 13.3 Å². The van der Waals surface area contributed by atoms with Crippen molar-refractivity contribution in [1.29, 1.82) is 0 Å². The third kappa shape index (κ3) is 1.90. The number of aryl methyl sites for hydroxylation is 1. The van der Waals surface area contributed by atoms with Crippen LogP contribution in [0.4, 0.5) is 11.5 Å². The SMILES string of the molecule is COC1CCN(c2nccc(C)c2N)C1. The molecule has 0 aromatic carbocycles. The number of nitrogens with zero attached hydrogens (tertiary/aromatic N) is 2. The minimum absolute atomic E-state index is 0.312. The normalized spacial score (nSPS) is 20.9. The first-order valence-corrected chi connectivity index (χ1v) is 5.21. The number of ether oxygens (including phenoxy) is 1. The summed E-state index contributed by atoms with van der Waals surface area (Å²) < 4.78 is 5.32. The number of hydrogen-bond donors (Lipinski definition) is 1. The van der Waals surface area contributed by atoms with E-state index in [4.69, 9.17) is 10.5 Å². The van der Waals surface area contributed by atoms with Gasteiger partial charge in [-0.1, -0.05) is 0 Å². The van der Waals surface area contributed by atoms with E-state index < -0.39 is 0 Å². The maximum atomic E-state index is 6.00. The molecule has 1 atom stereocenters. The van der Waals surface area contributed by atoms with Crippen molar-refractivity contribution in [2.45, 2.75) is 19.4 Å². The quantitative estimate of drug-likeness (QED) is 0.791. The summed E-state index contributed by atoms with van der Waals surface area (Å²) in [4.78, 5) is 6.53. The van der Waals surface area contributed by atoms with Crippen LogP contribution in [0.2, 0.25) is 0 Å².